The van der Waals surface area contributed by atoms with Crippen molar-refractivity contribution in [2.24, 2.45) is 11.1 Å². The molecule has 1 aromatic carbocycles. The number of Topliss-reactive ketones (excluding diaryl/α,β-unsaturated/α-hetero) is 1. The van der Waals surface area contributed by atoms with E-state index >= 15 is 0 Å². The van der Waals surface area contributed by atoms with Crippen LogP contribution in [-0.2, 0) is 0 Å². The van der Waals surface area contributed by atoms with Gasteiger partial charge in [0.25, 0.3) is 0 Å². The lowest BCUT2D eigenvalue weighted by Gasteiger charge is -2.20. The predicted octanol–water partition coefficient (Wildman–Crippen LogP) is 2.13. The fourth-order valence-electron chi connectivity index (χ4n) is 1.14. The summed E-state index contributed by atoms with van der Waals surface area (Å²) in [6.45, 7) is 3.28. The molecule has 0 saturated carbocycles. The minimum atomic E-state index is -1.11. The van der Waals surface area contributed by atoms with Crippen LogP contribution in [0, 0.1) is 17.0 Å². The van der Waals surface area contributed by atoms with Crippen LogP contribution in [0.2, 0.25) is 0 Å². The highest BCUT2D eigenvalue weighted by Crippen LogP contribution is 2.23. The van der Waals surface area contributed by atoms with E-state index in [-0.39, 0.29) is 12.1 Å². The van der Waals surface area contributed by atoms with E-state index in [2.05, 4.69) is 0 Å². The first-order valence-corrected chi connectivity index (χ1v) is 4.59. The molecule has 0 aliphatic heterocycles. The predicted molar refractivity (Wildman–Crippen MR) is 53.5 cm³/mol. The quantitative estimate of drug-likeness (QED) is 0.781. The minimum Gasteiger partial charge on any atom is -0.329 e. The summed E-state index contributed by atoms with van der Waals surface area (Å²) in [7, 11) is 0. The summed E-state index contributed by atoms with van der Waals surface area (Å²) in [5, 5.41) is 0. The Bertz CT molecular complexity index is 388. The molecule has 4 heteroatoms. The maximum Gasteiger partial charge on any atom is 0.172 e. The van der Waals surface area contributed by atoms with Crippen molar-refractivity contribution in [2.75, 3.05) is 6.54 Å². The zero-order valence-corrected chi connectivity index (χ0v) is 8.68. The minimum absolute atomic E-state index is 0.0851. The highest BCUT2D eigenvalue weighted by molar-refractivity contribution is 6.00. The Morgan fingerprint density at radius 3 is 2.53 bits per heavy atom. The molecule has 15 heavy (non-hydrogen) atoms. The zero-order chi connectivity index (χ0) is 11.6. The van der Waals surface area contributed by atoms with Crippen molar-refractivity contribution in [1.29, 1.82) is 0 Å². The number of rotatable bonds is 3. The number of nitrogens with two attached hydrogens (primary N) is 1. The normalized spacial score (nSPS) is 11.5. The lowest BCUT2D eigenvalue weighted by Crippen LogP contribution is -2.33. The molecule has 2 nitrogen and oxygen atoms in total. The lowest BCUT2D eigenvalue weighted by molar-refractivity contribution is 0.0842. The second-order valence-corrected chi connectivity index (χ2v) is 4.02. The van der Waals surface area contributed by atoms with Crippen molar-refractivity contribution >= 4 is 5.78 Å². The number of halogens is 2. The monoisotopic (exact) mass is 213 g/mol. The molecule has 0 amide bonds. The highest BCUT2D eigenvalue weighted by atomic mass is 19.2. The number of hydrogen-bond acceptors (Lipinski definition) is 2. The third kappa shape index (κ3) is 2.21. The van der Waals surface area contributed by atoms with Gasteiger partial charge >= 0.3 is 0 Å². The summed E-state index contributed by atoms with van der Waals surface area (Å²) in [6, 6.07) is 3.54. The van der Waals surface area contributed by atoms with Crippen molar-refractivity contribution in [3.8, 4) is 0 Å². The number of carbonyl (C=O) groups is 1. The van der Waals surface area contributed by atoms with Gasteiger partial charge in [0.15, 0.2) is 17.4 Å². The smallest absolute Gasteiger partial charge is 0.172 e. The van der Waals surface area contributed by atoms with Gasteiger partial charge in [0.2, 0.25) is 0 Å². The summed E-state index contributed by atoms with van der Waals surface area (Å²) in [5.41, 5.74) is 4.27. The zero-order valence-electron chi connectivity index (χ0n) is 8.68. The third-order valence-corrected chi connectivity index (χ3v) is 2.32. The summed E-state index contributed by atoms with van der Waals surface area (Å²) in [5.74, 6) is -2.61. The molecule has 0 atom stereocenters. The number of hydrogen-bond donors (Lipinski definition) is 1. The third-order valence-electron chi connectivity index (χ3n) is 2.32. The second kappa shape index (κ2) is 4.06. The van der Waals surface area contributed by atoms with Crippen molar-refractivity contribution < 1.29 is 13.6 Å². The molecule has 1 rings (SSSR count). The van der Waals surface area contributed by atoms with E-state index in [0.29, 0.717) is 0 Å². The van der Waals surface area contributed by atoms with Crippen LogP contribution in [0.4, 0.5) is 8.78 Å². The summed E-state index contributed by atoms with van der Waals surface area (Å²) in [6.07, 6.45) is 0. The molecule has 0 heterocycles. The van der Waals surface area contributed by atoms with Crippen molar-refractivity contribution in [2.45, 2.75) is 13.8 Å². The van der Waals surface area contributed by atoms with E-state index < -0.39 is 22.8 Å². The fourth-order valence-corrected chi connectivity index (χ4v) is 1.14. The molecule has 1 aromatic rings. The molecule has 0 radical (unpaired) electrons. The van der Waals surface area contributed by atoms with Crippen LogP contribution in [0.15, 0.2) is 18.2 Å². The van der Waals surface area contributed by atoms with Crippen LogP contribution in [0.5, 0.6) is 0 Å². The van der Waals surface area contributed by atoms with Crippen molar-refractivity contribution in [1.82, 2.24) is 0 Å². The number of benzene rings is 1. The van der Waals surface area contributed by atoms with Crippen LogP contribution < -0.4 is 5.73 Å². The Hall–Kier alpha value is -1.29. The first kappa shape index (κ1) is 11.8. The van der Waals surface area contributed by atoms with Gasteiger partial charge in [0.05, 0.1) is 5.56 Å². The summed E-state index contributed by atoms with van der Waals surface area (Å²) < 4.78 is 26.2. The summed E-state index contributed by atoms with van der Waals surface area (Å²) in [4.78, 5) is 11.8. The maximum absolute atomic E-state index is 13.3. The Balaban J connectivity index is 3.18. The standard InChI is InChI=1S/C11H13F2NO/c1-11(2,6-14)10(15)7-4-3-5-8(12)9(7)13/h3-5H,6,14H2,1-2H3. The molecular weight excluding hydrogens is 200 g/mol. The van der Waals surface area contributed by atoms with Crippen LogP contribution in [0.25, 0.3) is 0 Å². The van der Waals surface area contributed by atoms with Gasteiger partial charge in [-0.05, 0) is 12.1 Å². The lowest BCUT2D eigenvalue weighted by atomic mass is 9.84. The summed E-state index contributed by atoms with van der Waals surface area (Å²) >= 11 is 0. The van der Waals surface area contributed by atoms with Gasteiger partial charge in [0, 0.05) is 12.0 Å². The van der Waals surface area contributed by atoms with Crippen LogP contribution in [0.3, 0.4) is 0 Å². The van der Waals surface area contributed by atoms with E-state index in [9.17, 15) is 13.6 Å². The largest absolute Gasteiger partial charge is 0.329 e. The van der Waals surface area contributed by atoms with Crippen LogP contribution >= 0.6 is 0 Å². The molecular formula is C11H13F2NO. The maximum atomic E-state index is 13.3. The SMILES string of the molecule is CC(C)(CN)C(=O)c1cccc(F)c1F. The first-order valence-electron chi connectivity index (χ1n) is 4.59. The molecule has 0 aliphatic carbocycles. The van der Waals surface area contributed by atoms with Gasteiger partial charge in [0.1, 0.15) is 0 Å². The molecule has 0 bridgehead atoms. The first-order chi connectivity index (χ1) is 6.90. The van der Waals surface area contributed by atoms with Crippen LogP contribution in [0.1, 0.15) is 24.2 Å². The van der Waals surface area contributed by atoms with Gasteiger partial charge in [-0.3, -0.25) is 4.79 Å². The van der Waals surface area contributed by atoms with Gasteiger partial charge in [-0.1, -0.05) is 19.9 Å². The Kier molecular flexibility index (Phi) is 3.19. The van der Waals surface area contributed by atoms with Gasteiger partial charge in [-0.15, -0.1) is 0 Å². The molecule has 0 fully saturated rings. The van der Waals surface area contributed by atoms with Crippen molar-refractivity contribution in [3.63, 3.8) is 0 Å². The van der Waals surface area contributed by atoms with E-state index in [1.54, 1.807) is 13.8 Å². The second-order valence-electron chi connectivity index (χ2n) is 4.02. The molecule has 0 aromatic heterocycles. The molecule has 0 saturated heterocycles. The molecule has 0 aliphatic rings. The Morgan fingerprint density at radius 1 is 1.40 bits per heavy atom. The van der Waals surface area contributed by atoms with Gasteiger partial charge in [-0.25, -0.2) is 8.78 Å². The topological polar surface area (TPSA) is 43.1 Å². The Morgan fingerprint density at radius 2 is 2.00 bits per heavy atom. The van der Waals surface area contributed by atoms with E-state index in [1.807, 2.05) is 0 Å². The van der Waals surface area contributed by atoms with Crippen molar-refractivity contribution in [3.05, 3.63) is 35.4 Å². The van der Waals surface area contributed by atoms with E-state index in [0.717, 1.165) is 6.07 Å². The molecule has 0 unspecified atom stereocenters. The van der Waals surface area contributed by atoms with E-state index in [1.165, 1.54) is 12.1 Å². The van der Waals surface area contributed by atoms with Gasteiger partial charge in [-0.2, -0.15) is 0 Å². The molecule has 82 valence electrons. The van der Waals surface area contributed by atoms with Crippen LogP contribution in [-0.4, -0.2) is 12.3 Å². The highest BCUT2D eigenvalue weighted by Gasteiger charge is 2.29. The van der Waals surface area contributed by atoms with Gasteiger partial charge < -0.3 is 5.73 Å². The van der Waals surface area contributed by atoms with E-state index in [4.69, 9.17) is 5.73 Å². The average molecular weight is 213 g/mol. The Labute approximate surface area is 87.1 Å². The molecule has 0 spiro atoms. The fraction of sp³-hybridized carbons (Fsp3) is 0.364. The average Bonchev–Trinajstić information content (AvgIpc) is 2.21. The number of carbonyl (C=O) groups excluding carboxylic acids is 1. The number of ketones is 1. The molecule has 2 N–H and O–H groups in total.